The second kappa shape index (κ2) is 5.52. The van der Waals surface area contributed by atoms with Gasteiger partial charge < -0.3 is 10.3 Å². The van der Waals surface area contributed by atoms with Gasteiger partial charge in [0.1, 0.15) is 0 Å². The quantitative estimate of drug-likeness (QED) is 0.758. The smallest absolute Gasteiger partial charge is 0.251 e. The number of aromatic nitrogens is 3. The van der Waals surface area contributed by atoms with E-state index in [9.17, 15) is 4.79 Å². The van der Waals surface area contributed by atoms with Crippen LogP contribution in [0.1, 0.15) is 16.1 Å². The van der Waals surface area contributed by atoms with Crippen molar-refractivity contribution in [1.29, 1.82) is 0 Å². The van der Waals surface area contributed by atoms with E-state index in [0.29, 0.717) is 12.1 Å². The molecule has 5 nitrogen and oxygen atoms in total. The summed E-state index contributed by atoms with van der Waals surface area (Å²) in [6, 6.07) is 11.2. The number of H-pyrrole nitrogens is 1. The molecule has 20 heavy (non-hydrogen) atoms. The molecule has 0 spiro atoms. The van der Waals surface area contributed by atoms with Gasteiger partial charge >= 0.3 is 0 Å². The number of benzene rings is 1. The fraction of sp³-hybridized carbons (Fsp3) is 0.133. The maximum Gasteiger partial charge on any atom is 0.251 e. The Balaban J connectivity index is 1.61. The van der Waals surface area contributed by atoms with Crippen LogP contribution in [0, 0.1) is 0 Å². The number of hydrogen-bond donors (Lipinski definition) is 2. The third-order valence-corrected chi connectivity index (χ3v) is 3.08. The lowest BCUT2D eigenvalue weighted by Gasteiger charge is -2.05. The van der Waals surface area contributed by atoms with Crippen LogP contribution in [-0.4, -0.2) is 27.4 Å². The van der Waals surface area contributed by atoms with Crippen molar-refractivity contribution < 1.29 is 4.79 Å². The number of carbonyl (C=O) groups excluding carboxylic acids is 1. The summed E-state index contributed by atoms with van der Waals surface area (Å²) in [6.07, 6.45) is 4.09. The SMILES string of the molecule is O=C(NCCc1ccccn1)c1ccc2nc[nH]c2c1. The first-order chi connectivity index (χ1) is 9.83. The largest absolute Gasteiger partial charge is 0.352 e. The van der Waals surface area contributed by atoms with Crippen molar-refractivity contribution in [3.63, 3.8) is 0 Å². The summed E-state index contributed by atoms with van der Waals surface area (Å²) < 4.78 is 0. The van der Waals surface area contributed by atoms with Gasteiger partial charge in [-0.2, -0.15) is 0 Å². The van der Waals surface area contributed by atoms with Gasteiger partial charge in [-0.3, -0.25) is 9.78 Å². The first kappa shape index (κ1) is 12.3. The van der Waals surface area contributed by atoms with Gasteiger partial charge in [0.15, 0.2) is 0 Å². The maximum atomic E-state index is 12.0. The minimum absolute atomic E-state index is 0.0857. The number of rotatable bonds is 4. The van der Waals surface area contributed by atoms with Crippen LogP contribution in [0.3, 0.4) is 0 Å². The highest BCUT2D eigenvalue weighted by atomic mass is 16.1. The summed E-state index contributed by atoms with van der Waals surface area (Å²) in [5, 5.41) is 2.89. The number of aromatic amines is 1. The minimum Gasteiger partial charge on any atom is -0.352 e. The van der Waals surface area contributed by atoms with Crippen molar-refractivity contribution >= 4 is 16.9 Å². The Kier molecular flexibility index (Phi) is 3.41. The molecule has 0 aliphatic carbocycles. The van der Waals surface area contributed by atoms with Crippen molar-refractivity contribution in [2.75, 3.05) is 6.54 Å². The van der Waals surface area contributed by atoms with Crippen molar-refractivity contribution in [2.24, 2.45) is 0 Å². The van der Waals surface area contributed by atoms with Gasteiger partial charge in [-0.05, 0) is 30.3 Å². The van der Waals surface area contributed by atoms with Crippen LogP contribution in [0.25, 0.3) is 11.0 Å². The first-order valence-electron chi connectivity index (χ1n) is 6.44. The van der Waals surface area contributed by atoms with Crippen LogP contribution < -0.4 is 5.32 Å². The molecule has 5 heteroatoms. The van der Waals surface area contributed by atoms with E-state index in [4.69, 9.17) is 0 Å². The number of hydrogen-bond acceptors (Lipinski definition) is 3. The molecule has 0 bridgehead atoms. The van der Waals surface area contributed by atoms with Crippen molar-refractivity contribution in [2.45, 2.75) is 6.42 Å². The Bertz CT molecular complexity index is 721. The number of amides is 1. The predicted octanol–water partition coefficient (Wildman–Crippen LogP) is 1.93. The van der Waals surface area contributed by atoms with E-state index >= 15 is 0 Å². The highest BCUT2D eigenvalue weighted by Crippen LogP contribution is 2.11. The summed E-state index contributed by atoms with van der Waals surface area (Å²) >= 11 is 0. The Morgan fingerprint density at radius 3 is 3.00 bits per heavy atom. The minimum atomic E-state index is -0.0857. The van der Waals surface area contributed by atoms with Crippen molar-refractivity contribution in [3.05, 3.63) is 60.2 Å². The topological polar surface area (TPSA) is 70.7 Å². The predicted molar refractivity (Wildman–Crippen MR) is 76.4 cm³/mol. The Morgan fingerprint density at radius 1 is 1.20 bits per heavy atom. The number of pyridine rings is 1. The van der Waals surface area contributed by atoms with Crippen LogP contribution in [0.5, 0.6) is 0 Å². The lowest BCUT2D eigenvalue weighted by atomic mass is 10.2. The number of imidazole rings is 1. The number of fused-ring (bicyclic) bond motifs is 1. The molecule has 0 aliphatic heterocycles. The van der Waals surface area contributed by atoms with Crippen LogP contribution in [0.2, 0.25) is 0 Å². The van der Waals surface area contributed by atoms with Crippen LogP contribution >= 0.6 is 0 Å². The van der Waals surface area contributed by atoms with Crippen molar-refractivity contribution in [3.8, 4) is 0 Å². The average Bonchev–Trinajstić information content (AvgIpc) is 2.95. The molecule has 0 radical (unpaired) electrons. The number of carbonyl (C=O) groups is 1. The van der Waals surface area contributed by atoms with Gasteiger partial charge in [0.2, 0.25) is 0 Å². The van der Waals surface area contributed by atoms with E-state index in [2.05, 4.69) is 20.3 Å². The van der Waals surface area contributed by atoms with Crippen LogP contribution in [-0.2, 0) is 6.42 Å². The van der Waals surface area contributed by atoms with E-state index in [1.165, 1.54) is 0 Å². The summed E-state index contributed by atoms with van der Waals surface area (Å²) in [5.41, 5.74) is 3.32. The lowest BCUT2D eigenvalue weighted by Crippen LogP contribution is -2.25. The molecule has 0 aliphatic rings. The zero-order valence-corrected chi connectivity index (χ0v) is 10.8. The maximum absolute atomic E-state index is 12.0. The molecule has 100 valence electrons. The fourth-order valence-electron chi connectivity index (χ4n) is 2.03. The summed E-state index contributed by atoms with van der Waals surface area (Å²) in [5.74, 6) is -0.0857. The summed E-state index contributed by atoms with van der Waals surface area (Å²) in [6.45, 7) is 0.566. The zero-order chi connectivity index (χ0) is 13.8. The molecule has 0 unspecified atom stereocenters. The van der Waals surface area contributed by atoms with Gasteiger partial charge in [-0.1, -0.05) is 6.07 Å². The fourth-order valence-corrected chi connectivity index (χ4v) is 2.03. The van der Waals surface area contributed by atoms with E-state index in [1.54, 1.807) is 24.7 Å². The second-order valence-electron chi connectivity index (χ2n) is 4.46. The Hall–Kier alpha value is -2.69. The van der Waals surface area contributed by atoms with Gasteiger partial charge in [-0.15, -0.1) is 0 Å². The van der Waals surface area contributed by atoms with E-state index in [0.717, 1.165) is 23.1 Å². The standard InChI is InChI=1S/C15H14N4O/c20-15(17-8-6-12-3-1-2-7-16-12)11-4-5-13-14(9-11)19-10-18-13/h1-5,7,9-10H,6,8H2,(H,17,20)(H,18,19). The molecular formula is C15H14N4O. The van der Waals surface area contributed by atoms with E-state index < -0.39 is 0 Å². The van der Waals surface area contributed by atoms with Gasteiger partial charge in [0.05, 0.1) is 17.4 Å². The zero-order valence-electron chi connectivity index (χ0n) is 10.8. The molecule has 0 atom stereocenters. The van der Waals surface area contributed by atoms with Gasteiger partial charge in [0, 0.05) is 30.4 Å². The monoisotopic (exact) mass is 266 g/mol. The Morgan fingerprint density at radius 2 is 2.15 bits per heavy atom. The number of nitrogens with zero attached hydrogens (tertiary/aromatic N) is 2. The van der Waals surface area contributed by atoms with Crippen LogP contribution in [0.15, 0.2) is 48.9 Å². The molecule has 0 saturated heterocycles. The highest BCUT2D eigenvalue weighted by molar-refractivity contribution is 5.97. The summed E-state index contributed by atoms with van der Waals surface area (Å²) in [7, 11) is 0. The lowest BCUT2D eigenvalue weighted by molar-refractivity contribution is 0.0954. The number of nitrogens with one attached hydrogen (secondary N) is 2. The van der Waals surface area contributed by atoms with Gasteiger partial charge in [0.25, 0.3) is 5.91 Å². The molecule has 1 amide bonds. The van der Waals surface area contributed by atoms with E-state index in [-0.39, 0.29) is 5.91 Å². The second-order valence-corrected chi connectivity index (χ2v) is 4.46. The molecule has 2 aromatic heterocycles. The Labute approximate surface area is 116 Å². The molecule has 3 rings (SSSR count). The molecule has 0 saturated carbocycles. The molecule has 3 aromatic rings. The first-order valence-corrected chi connectivity index (χ1v) is 6.44. The third kappa shape index (κ3) is 2.66. The average molecular weight is 266 g/mol. The van der Waals surface area contributed by atoms with Gasteiger partial charge in [-0.25, -0.2) is 4.98 Å². The molecule has 2 N–H and O–H groups in total. The molecule has 1 aromatic carbocycles. The van der Waals surface area contributed by atoms with E-state index in [1.807, 2.05) is 24.3 Å². The van der Waals surface area contributed by atoms with Crippen LogP contribution in [0.4, 0.5) is 0 Å². The third-order valence-electron chi connectivity index (χ3n) is 3.08. The normalized spacial score (nSPS) is 10.6. The molecular weight excluding hydrogens is 252 g/mol. The van der Waals surface area contributed by atoms with Crippen molar-refractivity contribution in [1.82, 2.24) is 20.3 Å². The summed E-state index contributed by atoms with van der Waals surface area (Å²) in [4.78, 5) is 23.4. The highest BCUT2D eigenvalue weighted by Gasteiger charge is 2.06. The molecule has 2 heterocycles. The molecule has 0 fully saturated rings.